The van der Waals surface area contributed by atoms with Crippen LogP contribution < -0.4 is 10.6 Å². The van der Waals surface area contributed by atoms with Crippen molar-refractivity contribution in [2.24, 2.45) is 5.73 Å². The van der Waals surface area contributed by atoms with Crippen molar-refractivity contribution in [3.05, 3.63) is 29.8 Å². The molecule has 16 heavy (non-hydrogen) atoms. The maximum atomic E-state index is 5.82. The highest BCUT2D eigenvalue weighted by Crippen LogP contribution is 2.17. The molecular weight excluding hydrogens is 200 g/mol. The molecule has 0 bridgehead atoms. The van der Waals surface area contributed by atoms with Crippen LogP contribution in [-0.2, 0) is 4.74 Å². The molecule has 3 nitrogen and oxygen atoms in total. The van der Waals surface area contributed by atoms with Crippen molar-refractivity contribution >= 4 is 5.69 Å². The lowest BCUT2D eigenvalue weighted by atomic mass is 10.1. The molecule has 0 heterocycles. The second-order valence-corrected chi connectivity index (χ2v) is 3.95. The summed E-state index contributed by atoms with van der Waals surface area (Å²) in [5, 5.41) is 0. The highest BCUT2D eigenvalue weighted by Gasteiger charge is 2.04. The fourth-order valence-corrected chi connectivity index (χ4v) is 1.66. The van der Waals surface area contributed by atoms with E-state index in [-0.39, 0.29) is 6.04 Å². The van der Waals surface area contributed by atoms with Crippen LogP contribution in [0, 0.1) is 0 Å². The highest BCUT2D eigenvalue weighted by atomic mass is 16.5. The Kier molecular flexibility index (Phi) is 5.29. The van der Waals surface area contributed by atoms with Crippen LogP contribution in [0.15, 0.2) is 24.3 Å². The van der Waals surface area contributed by atoms with Gasteiger partial charge in [-0.2, -0.15) is 0 Å². The monoisotopic (exact) mass is 222 g/mol. The van der Waals surface area contributed by atoms with E-state index >= 15 is 0 Å². The maximum Gasteiger partial charge on any atom is 0.0637 e. The second kappa shape index (κ2) is 6.51. The van der Waals surface area contributed by atoms with E-state index in [9.17, 15) is 0 Å². The van der Waals surface area contributed by atoms with Crippen molar-refractivity contribution in [2.75, 3.05) is 31.7 Å². The summed E-state index contributed by atoms with van der Waals surface area (Å²) in [4.78, 5) is 2.29. The van der Waals surface area contributed by atoms with Gasteiger partial charge in [0.15, 0.2) is 0 Å². The van der Waals surface area contributed by atoms with E-state index in [1.807, 2.05) is 6.92 Å². The van der Waals surface area contributed by atoms with E-state index in [4.69, 9.17) is 10.5 Å². The van der Waals surface area contributed by atoms with E-state index < -0.39 is 0 Å². The first kappa shape index (κ1) is 13.0. The van der Waals surface area contributed by atoms with Crippen molar-refractivity contribution in [2.45, 2.75) is 19.9 Å². The summed E-state index contributed by atoms with van der Waals surface area (Å²) in [7, 11) is 1.73. The molecule has 1 rings (SSSR count). The van der Waals surface area contributed by atoms with Crippen molar-refractivity contribution in [1.82, 2.24) is 0 Å². The molecule has 1 aromatic carbocycles. The Balaban J connectivity index is 2.70. The normalized spacial score (nSPS) is 12.5. The van der Waals surface area contributed by atoms with Crippen molar-refractivity contribution in [1.29, 1.82) is 0 Å². The number of anilines is 1. The van der Waals surface area contributed by atoms with Crippen molar-refractivity contribution < 1.29 is 4.74 Å². The summed E-state index contributed by atoms with van der Waals surface area (Å²) in [6.45, 7) is 6.81. The molecular formula is C13H22N2O. The second-order valence-electron chi connectivity index (χ2n) is 3.95. The predicted octanol–water partition coefficient (Wildman–Crippen LogP) is 2.18. The minimum atomic E-state index is 0.100. The number of ether oxygens (including phenoxy) is 1. The summed E-state index contributed by atoms with van der Waals surface area (Å²) in [6.07, 6.45) is 0. The van der Waals surface area contributed by atoms with Crippen molar-refractivity contribution in [3.63, 3.8) is 0 Å². The van der Waals surface area contributed by atoms with Crippen LogP contribution in [0.4, 0.5) is 5.69 Å². The standard InChI is InChI=1S/C13H22N2O/c1-4-15(9-10-16-3)13-7-5-12(6-8-13)11(2)14/h5-8,11H,4,9-10,14H2,1-3H3/t11-/m0/s1. The van der Waals surface area contributed by atoms with Crippen LogP contribution in [0.5, 0.6) is 0 Å². The molecule has 2 N–H and O–H groups in total. The van der Waals surface area contributed by atoms with Gasteiger partial charge in [-0.25, -0.2) is 0 Å². The molecule has 0 saturated carbocycles. The third-order valence-corrected chi connectivity index (χ3v) is 2.73. The topological polar surface area (TPSA) is 38.5 Å². The van der Waals surface area contributed by atoms with Gasteiger partial charge in [-0.15, -0.1) is 0 Å². The molecule has 0 amide bonds. The van der Waals surface area contributed by atoms with Gasteiger partial charge >= 0.3 is 0 Å². The highest BCUT2D eigenvalue weighted by molar-refractivity contribution is 5.47. The van der Waals surface area contributed by atoms with Gasteiger partial charge in [0.25, 0.3) is 0 Å². The lowest BCUT2D eigenvalue weighted by Gasteiger charge is -2.23. The zero-order valence-corrected chi connectivity index (χ0v) is 10.4. The van der Waals surface area contributed by atoms with Gasteiger partial charge < -0.3 is 15.4 Å². The number of methoxy groups -OCH3 is 1. The Morgan fingerprint density at radius 2 is 1.94 bits per heavy atom. The molecule has 0 unspecified atom stereocenters. The SMILES string of the molecule is CCN(CCOC)c1ccc([C@H](C)N)cc1. The molecule has 1 aromatic rings. The quantitative estimate of drug-likeness (QED) is 0.801. The zero-order chi connectivity index (χ0) is 12.0. The van der Waals surface area contributed by atoms with Crippen molar-refractivity contribution in [3.8, 4) is 0 Å². The minimum absolute atomic E-state index is 0.100. The Morgan fingerprint density at radius 3 is 2.38 bits per heavy atom. The molecule has 0 aromatic heterocycles. The fraction of sp³-hybridized carbons (Fsp3) is 0.538. The van der Waals surface area contributed by atoms with Crippen LogP contribution in [0.3, 0.4) is 0 Å². The van der Waals surface area contributed by atoms with Gasteiger partial charge in [-0.1, -0.05) is 12.1 Å². The number of likely N-dealkylation sites (N-methyl/N-ethyl adjacent to an activating group) is 1. The van der Waals surface area contributed by atoms with Gasteiger partial charge in [0, 0.05) is 31.9 Å². The molecule has 0 spiro atoms. The molecule has 0 radical (unpaired) electrons. The summed E-state index contributed by atoms with van der Waals surface area (Å²) < 4.78 is 5.10. The first-order valence-electron chi connectivity index (χ1n) is 5.78. The smallest absolute Gasteiger partial charge is 0.0637 e. The van der Waals surface area contributed by atoms with Gasteiger partial charge in [-0.3, -0.25) is 0 Å². The van der Waals surface area contributed by atoms with Crippen LogP contribution in [0.1, 0.15) is 25.5 Å². The number of nitrogens with two attached hydrogens (primary N) is 1. The molecule has 0 aliphatic carbocycles. The lowest BCUT2D eigenvalue weighted by Crippen LogP contribution is -2.26. The molecule has 90 valence electrons. The number of hydrogen-bond donors (Lipinski definition) is 1. The Hall–Kier alpha value is -1.06. The van der Waals surface area contributed by atoms with Crippen LogP contribution in [0.25, 0.3) is 0 Å². The van der Waals surface area contributed by atoms with E-state index in [1.165, 1.54) is 11.3 Å². The summed E-state index contributed by atoms with van der Waals surface area (Å²) in [6, 6.07) is 8.53. The summed E-state index contributed by atoms with van der Waals surface area (Å²) in [5.74, 6) is 0. The number of rotatable bonds is 6. The Morgan fingerprint density at radius 1 is 1.31 bits per heavy atom. The lowest BCUT2D eigenvalue weighted by molar-refractivity contribution is 0.205. The molecule has 0 aliphatic rings. The van der Waals surface area contributed by atoms with Gasteiger partial charge in [0.1, 0.15) is 0 Å². The third kappa shape index (κ3) is 3.51. The van der Waals surface area contributed by atoms with E-state index in [2.05, 4.69) is 36.1 Å². The summed E-state index contributed by atoms with van der Waals surface area (Å²) >= 11 is 0. The number of nitrogens with zero attached hydrogens (tertiary/aromatic N) is 1. The van der Waals surface area contributed by atoms with Crippen LogP contribution in [0.2, 0.25) is 0 Å². The maximum absolute atomic E-state index is 5.82. The minimum Gasteiger partial charge on any atom is -0.383 e. The average Bonchev–Trinajstić information content (AvgIpc) is 2.30. The molecule has 3 heteroatoms. The van der Waals surface area contributed by atoms with E-state index in [0.29, 0.717) is 0 Å². The first-order chi connectivity index (χ1) is 7.69. The number of hydrogen-bond acceptors (Lipinski definition) is 3. The van der Waals surface area contributed by atoms with Gasteiger partial charge in [0.05, 0.1) is 6.61 Å². The molecule has 0 fully saturated rings. The Bertz CT molecular complexity index is 295. The number of benzene rings is 1. The van der Waals surface area contributed by atoms with Crippen LogP contribution >= 0.6 is 0 Å². The fourth-order valence-electron chi connectivity index (χ4n) is 1.66. The van der Waals surface area contributed by atoms with E-state index in [0.717, 1.165) is 19.7 Å². The molecule has 0 aliphatic heterocycles. The Labute approximate surface area is 98.2 Å². The van der Waals surface area contributed by atoms with Gasteiger partial charge in [-0.05, 0) is 31.5 Å². The molecule has 0 saturated heterocycles. The molecule has 1 atom stereocenters. The zero-order valence-electron chi connectivity index (χ0n) is 10.4. The summed E-state index contributed by atoms with van der Waals surface area (Å²) in [5.41, 5.74) is 8.22. The van der Waals surface area contributed by atoms with Crippen LogP contribution in [-0.4, -0.2) is 26.8 Å². The van der Waals surface area contributed by atoms with Gasteiger partial charge in [0.2, 0.25) is 0 Å². The largest absolute Gasteiger partial charge is 0.383 e. The first-order valence-corrected chi connectivity index (χ1v) is 5.78. The third-order valence-electron chi connectivity index (χ3n) is 2.73. The average molecular weight is 222 g/mol. The van der Waals surface area contributed by atoms with E-state index in [1.54, 1.807) is 7.11 Å². The predicted molar refractivity (Wildman–Crippen MR) is 68.8 cm³/mol.